The molecule has 2 heterocycles. The monoisotopic (exact) mass is 490 g/mol. The van der Waals surface area contributed by atoms with E-state index in [1.54, 1.807) is 16.7 Å². The Hall–Kier alpha value is -2.76. The molecule has 174 valence electrons. The van der Waals surface area contributed by atoms with Crippen LogP contribution in [0.25, 0.3) is 0 Å². The van der Waals surface area contributed by atoms with Gasteiger partial charge in [0, 0.05) is 33.5 Å². The molecular formula is C28H27ClN2O2S. The maximum Gasteiger partial charge on any atom is 0.259 e. The minimum atomic E-state index is -0.0911. The Balaban J connectivity index is 1.57. The zero-order chi connectivity index (χ0) is 23.8. The van der Waals surface area contributed by atoms with Crippen LogP contribution in [0.4, 0.5) is 5.69 Å². The lowest BCUT2D eigenvalue weighted by atomic mass is 9.91. The topological polar surface area (TPSA) is 40.6 Å². The Kier molecular flexibility index (Phi) is 6.41. The average molecular weight is 491 g/mol. The number of halogens is 1. The van der Waals surface area contributed by atoms with Crippen LogP contribution in [-0.2, 0) is 6.54 Å². The van der Waals surface area contributed by atoms with E-state index in [1.807, 2.05) is 71.6 Å². The predicted octanol–water partition coefficient (Wildman–Crippen LogP) is 6.77. The molecule has 4 nitrogen and oxygen atoms in total. The molecule has 0 unspecified atom stereocenters. The molecule has 2 amide bonds. The minimum absolute atomic E-state index is 0.0260. The van der Waals surface area contributed by atoms with Gasteiger partial charge in [0.1, 0.15) is 0 Å². The lowest BCUT2D eigenvalue weighted by Gasteiger charge is -2.35. The second-order valence-electron chi connectivity index (χ2n) is 9.42. The van der Waals surface area contributed by atoms with Crippen molar-refractivity contribution in [3.8, 4) is 0 Å². The van der Waals surface area contributed by atoms with Crippen LogP contribution in [0.5, 0.6) is 0 Å². The number of nitrogens with zero attached hydrogens (tertiary/aromatic N) is 2. The van der Waals surface area contributed by atoms with Crippen molar-refractivity contribution in [3.05, 3.63) is 88.4 Å². The summed E-state index contributed by atoms with van der Waals surface area (Å²) < 4.78 is 0. The van der Waals surface area contributed by atoms with Crippen molar-refractivity contribution < 1.29 is 9.59 Å². The summed E-state index contributed by atoms with van der Waals surface area (Å²) in [4.78, 5) is 32.8. The van der Waals surface area contributed by atoms with Crippen molar-refractivity contribution in [3.63, 3.8) is 0 Å². The Morgan fingerprint density at radius 2 is 1.68 bits per heavy atom. The largest absolute Gasteiger partial charge is 0.338 e. The quantitative estimate of drug-likeness (QED) is 0.406. The molecule has 3 aromatic carbocycles. The summed E-state index contributed by atoms with van der Waals surface area (Å²) in [6, 6.07) is 21.0. The molecule has 0 aliphatic carbocycles. The summed E-state index contributed by atoms with van der Waals surface area (Å²) in [5.41, 5.74) is 2.88. The van der Waals surface area contributed by atoms with Gasteiger partial charge in [-0.2, -0.15) is 0 Å². The smallest absolute Gasteiger partial charge is 0.259 e. The lowest BCUT2D eigenvalue weighted by Crippen LogP contribution is -2.42. The number of hydrogen-bond donors (Lipinski definition) is 0. The molecule has 0 spiro atoms. The molecule has 0 N–H and O–H groups in total. The van der Waals surface area contributed by atoms with Gasteiger partial charge in [0.2, 0.25) is 0 Å². The van der Waals surface area contributed by atoms with Crippen molar-refractivity contribution >= 4 is 40.9 Å². The van der Waals surface area contributed by atoms with Crippen molar-refractivity contribution in [1.82, 2.24) is 4.90 Å². The highest BCUT2D eigenvalue weighted by atomic mass is 35.5. The standard InChI is InChI=1S/C28H27ClN2O2S/c1-18-13-19(2)16-30(15-18)27(32)20-11-12-26-24(14-20)31(17-21-7-3-5-9-23(21)29)28(33)22-8-4-6-10-25(22)34-26/h3-12,14,18-19H,13,15-17H2,1-2H3/t18-,19-/m1/s1. The van der Waals surface area contributed by atoms with Gasteiger partial charge in [0.15, 0.2) is 0 Å². The number of anilines is 1. The van der Waals surface area contributed by atoms with Crippen LogP contribution in [0.3, 0.4) is 0 Å². The maximum absolute atomic E-state index is 13.8. The number of rotatable bonds is 3. The van der Waals surface area contributed by atoms with Gasteiger partial charge in [0.05, 0.1) is 17.8 Å². The number of fused-ring (bicyclic) bond motifs is 2. The molecule has 1 fully saturated rings. The number of carbonyl (C=O) groups is 2. The SMILES string of the molecule is C[C@@H]1C[C@@H](C)CN(C(=O)c2ccc3c(c2)N(Cc2ccccc2Cl)C(=O)c2ccccc2S3)C1. The summed E-state index contributed by atoms with van der Waals surface area (Å²) in [5.74, 6) is 0.901. The molecule has 6 heteroatoms. The Morgan fingerprint density at radius 1 is 0.971 bits per heavy atom. The van der Waals surface area contributed by atoms with Crippen molar-refractivity contribution in [1.29, 1.82) is 0 Å². The molecule has 3 aromatic rings. The lowest BCUT2D eigenvalue weighted by molar-refractivity contribution is 0.0623. The molecule has 0 radical (unpaired) electrons. The molecule has 0 bridgehead atoms. The van der Waals surface area contributed by atoms with E-state index in [1.165, 1.54) is 0 Å². The van der Waals surface area contributed by atoms with E-state index in [0.717, 1.165) is 40.6 Å². The van der Waals surface area contributed by atoms with Crippen LogP contribution in [0.1, 0.15) is 46.5 Å². The number of hydrogen-bond acceptors (Lipinski definition) is 3. The second-order valence-corrected chi connectivity index (χ2v) is 10.9. The first kappa shape index (κ1) is 23.0. The van der Waals surface area contributed by atoms with E-state index < -0.39 is 0 Å². The molecule has 0 aromatic heterocycles. The molecular weight excluding hydrogens is 464 g/mol. The fourth-order valence-electron chi connectivity index (χ4n) is 5.02. The van der Waals surface area contributed by atoms with Gasteiger partial charge in [0.25, 0.3) is 11.8 Å². The van der Waals surface area contributed by atoms with Crippen LogP contribution in [0, 0.1) is 11.8 Å². The predicted molar refractivity (Wildman–Crippen MR) is 138 cm³/mol. The molecule has 5 rings (SSSR count). The summed E-state index contributed by atoms with van der Waals surface area (Å²) in [5, 5.41) is 0.616. The fourth-order valence-corrected chi connectivity index (χ4v) is 6.27. The first-order valence-electron chi connectivity index (χ1n) is 11.7. The van der Waals surface area contributed by atoms with Gasteiger partial charge in [-0.15, -0.1) is 0 Å². The molecule has 34 heavy (non-hydrogen) atoms. The fraction of sp³-hybridized carbons (Fsp3) is 0.286. The second kappa shape index (κ2) is 9.47. The molecule has 1 saturated heterocycles. The maximum atomic E-state index is 13.8. The first-order valence-corrected chi connectivity index (χ1v) is 12.9. The van der Waals surface area contributed by atoms with Crippen molar-refractivity contribution in [2.75, 3.05) is 18.0 Å². The summed E-state index contributed by atoms with van der Waals surface area (Å²) >= 11 is 8.03. The summed E-state index contributed by atoms with van der Waals surface area (Å²) in [6.45, 7) is 6.26. The number of carbonyl (C=O) groups excluding carboxylic acids is 2. The Labute approximate surface area is 209 Å². The Morgan fingerprint density at radius 3 is 2.44 bits per heavy atom. The van der Waals surface area contributed by atoms with Crippen LogP contribution >= 0.6 is 23.4 Å². The zero-order valence-corrected chi connectivity index (χ0v) is 20.9. The van der Waals surface area contributed by atoms with Crippen molar-refractivity contribution in [2.24, 2.45) is 11.8 Å². The highest BCUT2D eigenvalue weighted by Gasteiger charge is 2.30. The van der Waals surface area contributed by atoms with Gasteiger partial charge in [-0.25, -0.2) is 0 Å². The third-order valence-corrected chi connectivity index (χ3v) is 8.03. The minimum Gasteiger partial charge on any atom is -0.338 e. The van der Waals surface area contributed by atoms with E-state index in [-0.39, 0.29) is 11.8 Å². The van der Waals surface area contributed by atoms with Crippen LogP contribution in [0.15, 0.2) is 76.5 Å². The van der Waals surface area contributed by atoms with Crippen LogP contribution in [-0.4, -0.2) is 29.8 Å². The number of piperidine rings is 1. The molecule has 2 atom stereocenters. The van der Waals surface area contributed by atoms with Gasteiger partial charge in [-0.1, -0.05) is 67.5 Å². The van der Waals surface area contributed by atoms with Gasteiger partial charge >= 0.3 is 0 Å². The number of amides is 2. The van der Waals surface area contributed by atoms with E-state index >= 15 is 0 Å². The Bertz CT molecular complexity index is 1250. The summed E-state index contributed by atoms with van der Waals surface area (Å²) in [6.07, 6.45) is 1.14. The van der Waals surface area contributed by atoms with E-state index in [0.29, 0.717) is 34.5 Å². The van der Waals surface area contributed by atoms with Crippen LogP contribution < -0.4 is 4.90 Å². The van der Waals surface area contributed by atoms with E-state index in [4.69, 9.17) is 11.6 Å². The normalized spacial score (nSPS) is 19.9. The first-order chi connectivity index (χ1) is 16.4. The van der Waals surface area contributed by atoms with Crippen molar-refractivity contribution in [2.45, 2.75) is 36.6 Å². The molecule has 0 saturated carbocycles. The highest BCUT2D eigenvalue weighted by Crippen LogP contribution is 2.42. The van der Waals surface area contributed by atoms with Gasteiger partial charge < -0.3 is 9.80 Å². The molecule has 2 aliphatic rings. The third-order valence-electron chi connectivity index (χ3n) is 6.52. The number of likely N-dealkylation sites (tertiary alicyclic amines) is 1. The average Bonchev–Trinajstić information content (AvgIpc) is 2.93. The third kappa shape index (κ3) is 4.47. The van der Waals surface area contributed by atoms with Gasteiger partial charge in [-0.3, -0.25) is 9.59 Å². The highest BCUT2D eigenvalue weighted by molar-refractivity contribution is 7.99. The number of benzene rings is 3. The summed E-state index contributed by atoms with van der Waals surface area (Å²) in [7, 11) is 0. The van der Waals surface area contributed by atoms with E-state index in [9.17, 15) is 9.59 Å². The zero-order valence-electron chi connectivity index (χ0n) is 19.3. The molecule has 2 aliphatic heterocycles. The van der Waals surface area contributed by atoms with Crippen LogP contribution in [0.2, 0.25) is 5.02 Å². The van der Waals surface area contributed by atoms with Gasteiger partial charge in [-0.05, 0) is 60.2 Å². The van der Waals surface area contributed by atoms with E-state index in [2.05, 4.69) is 13.8 Å².